The molecule has 0 aliphatic carbocycles. The van der Waals surface area contributed by atoms with Crippen LogP contribution in [0.2, 0.25) is 0 Å². The largest absolute Gasteiger partial charge is 0.457 e. The summed E-state index contributed by atoms with van der Waals surface area (Å²) in [6, 6.07) is 0. The van der Waals surface area contributed by atoms with Gasteiger partial charge >= 0.3 is 5.97 Å². The summed E-state index contributed by atoms with van der Waals surface area (Å²) in [6.45, 7) is 4.19. The zero-order valence-electron chi connectivity index (χ0n) is 34.4. The van der Waals surface area contributed by atoms with Gasteiger partial charge in [0, 0.05) is 6.42 Å². The van der Waals surface area contributed by atoms with E-state index in [1.54, 1.807) is 0 Å². The summed E-state index contributed by atoms with van der Waals surface area (Å²) < 4.78 is 22.6. The van der Waals surface area contributed by atoms with Crippen molar-refractivity contribution in [1.82, 2.24) is 0 Å². The molecular weight excluding hydrogens is 696 g/mol. The summed E-state index contributed by atoms with van der Waals surface area (Å²) >= 11 is 0. The van der Waals surface area contributed by atoms with Crippen molar-refractivity contribution in [2.75, 3.05) is 26.4 Å². The number of rotatable bonds is 35. The monoisotopic (exact) mass is 775 g/mol. The van der Waals surface area contributed by atoms with Crippen LogP contribution in [-0.4, -0.2) is 89.6 Å². The summed E-state index contributed by atoms with van der Waals surface area (Å²) in [5, 5.41) is 40.0. The maximum Gasteiger partial charge on any atom is 0.306 e. The number of carbonyl (C=O) groups is 1. The van der Waals surface area contributed by atoms with E-state index in [4.69, 9.17) is 18.9 Å². The average molecular weight is 775 g/mol. The first-order valence-corrected chi connectivity index (χ1v) is 21.5. The lowest BCUT2D eigenvalue weighted by Crippen LogP contribution is -2.59. The highest BCUT2D eigenvalue weighted by atomic mass is 16.7. The zero-order valence-corrected chi connectivity index (χ0v) is 34.4. The molecule has 6 unspecified atom stereocenters. The fraction of sp³-hybridized carbons (Fsp3) is 0.717. The maximum atomic E-state index is 12.7. The van der Waals surface area contributed by atoms with Crippen LogP contribution in [-0.2, 0) is 23.7 Å². The topological polar surface area (TPSA) is 135 Å². The van der Waals surface area contributed by atoms with Gasteiger partial charge in [-0.2, -0.15) is 0 Å². The number of carbonyl (C=O) groups excluding carboxylic acids is 1. The van der Waals surface area contributed by atoms with Gasteiger partial charge in [-0.3, -0.25) is 4.79 Å². The minimum Gasteiger partial charge on any atom is -0.457 e. The van der Waals surface area contributed by atoms with Crippen LogP contribution in [0.5, 0.6) is 0 Å². The highest BCUT2D eigenvalue weighted by Crippen LogP contribution is 2.22. The molecule has 1 saturated heterocycles. The van der Waals surface area contributed by atoms with Crippen molar-refractivity contribution in [3.8, 4) is 0 Å². The van der Waals surface area contributed by atoms with E-state index in [1.807, 2.05) is 0 Å². The van der Waals surface area contributed by atoms with E-state index >= 15 is 0 Å². The Morgan fingerprint density at radius 2 is 1.11 bits per heavy atom. The van der Waals surface area contributed by atoms with Crippen LogP contribution in [0, 0.1) is 0 Å². The third-order valence-electron chi connectivity index (χ3n) is 9.38. The third kappa shape index (κ3) is 28.6. The van der Waals surface area contributed by atoms with Gasteiger partial charge in [-0.05, 0) is 70.6 Å². The molecule has 1 aliphatic rings. The van der Waals surface area contributed by atoms with E-state index in [-0.39, 0.29) is 25.6 Å². The number of aliphatic hydroxyl groups is 4. The normalized spacial score (nSPS) is 21.5. The van der Waals surface area contributed by atoms with Gasteiger partial charge in [-0.15, -0.1) is 0 Å². The Balaban J connectivity index is 2.36. The molecule has 55 heavy (non-hydrogen) atoms. The quantitative estimate of drug-likeness (QED) is 0.0282. The van der Waals surface area contributed by atoms with E-state index in [2.05, 4.69) is 86.8 Å². The molecule has 316 valence electrons. The minimum absolute atomic E-state index is 0.0837. The number of esters is 1. The summed E-state index contributed by atoms with van der Waals surface area (Å²) in [7, 11) is 0. The molecule has 0 bridgehead atoms. The second-order valence-electron chi connectivity index (χ2n) is 14.4. The molecule has 9 heteroatoms. The molecular formula is C46H78O9. The lowest BCUT2D eigenvalue weighted by Gasteiger charge is -2.39. The van der Waals surface area contributed by atoms with E-state index in [0.29, 0.717) is 13.0 Å². The highest BCUT2D eigenvalue weighted by molar-refractivity contribution is 5.69. The Hall–Kier alpha value is -2.37. The first kappa shape index (κ1) is 50.6. The summed E-state index contributed by atoms with van der Waals surface area (Å²) in [5.41, 5.74) is 0. The Labute approximate surface area is 334 Å². The van der Waals surface area contributed by atoms with Gasteiger partial charge in [0.05, 0.1) is 26.4 Å². The second-order valence-corrected chi connectivity index (χ2v) is 14.4. The van der Waals surface area contributed by atoms with Crippen LogP contribution in [0.4, 0.5) is 0 Å². The van der Waals surface area contributed by atoms with Crippen LogP contribution >= 0.6 is 0 Å². The first-order valence-electron chi connectivity index (χ1n) is 21.5. The van der Waals surface area contributed by atoms with E-state index in [0.717, 1.165) is 70.6 Å². The first-order chi connectivity index (χ1) is 26.9. The molecule has 1 heterocycles. The van der Waals surface area contributed by atoms with Crippen LogP contribution in [0.25, 0.3) is 0 Å². The summed E-state index contributed by atoms with van der Waals surface area (Å²) in [5.74, 6) is -0.350. The van der Waals surface area contributed by atoms with E-state index in [9.17, 15) is 25.2 Å². The number of allylic oxidation sites excluding steroid dienone is 11. The Kier molecular flexibility index (Phi) is 34.3. The molecule has 1 aliphatic heterocycles. The van der Waals surface area contributed by atoms with Gasteiger partial charge in [0.15, 0.2) is 6.29 Å². The van der Waals surface area contributed by atoms with Crippen LogP contribution in [0.1, 0.15) is 149 Å². The average Bonchev–Trinajstić information content (AvgIpc) is 3.18. The third-order valence-corrected chi connectivity index (χ3v) is 9.38. The predicted octanol–water partition coefficient (Wildman–Crippen LogP) is 9.30. The Morgan fingerprint density at radius 3 is 1.67 bits per heavy atom. The lowest BCUT2D eigenvalue weighted by molar-refractivity contribution is -0.305. The molecule has 0 amide bonds. The molecule has 1 rings (SSSR count). The van der Waals surface area contributed by atoms with Gasteiger partial charge in [-0.1, -0.05) is 145 Å². The number of hydrogen-bond donors (Lipinski definition) is 4. The highest BCUT2D eigenvalue weighted by Gasteiger charge is 2.44. The van der Waals surface area contributed by atoms with E-state index in [1.165, 1.54) is 51.4 Å². The van der Waals surface area contributed by atoms with Gasteiger partial charge in [-0.25, -0.2) is 0 Å². The molecule has 6 atom stereocenters. The smallest absolute Gasteiger partial charge is 0.306 e. The van der Waals surface area contributed by atoms with Crippen molar-refractivity contribution < 1.29 is 44.2 Å². The standard InChI is InChI=1S/C46H78O9/c1-3-5-7-9-11-13-15-17-19-21-23-25-27-29-31-33-35-42(48)54-40(39-53-46-45(51)44(50)43(49)41(37-47)55-46)38-52-36-34-32-30-28-26-24-22-20-18-16-14-12-10-8-6-4-2/h6,8,12,14,18-21,24,26,30,32,40-41,43-47,49-51H,3-5,7,9-11,13,15-17,22-23,25,27-29,31,33-39H2,1-2H3/b8-6-,14-12-,20-18-,21-19-,26-24-,32-30-. The Bertz CT molecular complexity index is 1060. The molecule has 0 radical (unpaired) electrons. The SMILES string of the molecule is CC/C=C\C/C=C\C/C=C\C/C=C\C/C=C\CCOCC(COC1OC(CO)C(O)C(O)C1O)OC(=O)CCCCCCC/C=C\CCCCCCCCC. The van der Waals surface area contributed by atoms with Crippen molar-refractivity contribution in [2.45, 2.75) is 185 Å². The summed E-state index contributed by atoms with van der Waals surface area (Å²) in [6.07, 6.45) is 40.9. The van der Waals surface area contributed by atoms with Gasteiger partial charge in [0.1, 0.15) is 30.5 Å². The van der Waals surface area contributed by atoms with E-state index < -0.39 is 43.4 Å². The second kappa shape index (κ2) is 37.2. The van der Waals surface area contributed by atoms with Crippen molar-refractivity contribution in [1.29, 1.82) is 0 Å². The van der Waals surface area contributed by atoms with Gasteiger partial charge in [0.25, 0.3) is 0 Å². The lowest BCUT2D eigenvalue weighted by atomic mass is 9.99. The molecule has 0 saturated carbocycles. The fourth-order valence-electron chi connectivity index (χ4n) is 6.02. The van der Waals surface area contributed by atoms with Crippen molar-refractivity contribution in [2.24, 2.45) is 0 Å². The van der Waals surface area contributed by atoms with Gasteiger partial charge in [0.2, 0.25) is 0 Å². The van der Waals surface area contributed by atoms with Crippen LogP contribution in [0.15, 0.2) is 72.9 Å². The predicted molar refractivity (Wildman–Crippen MR) is 224 cm³/mol. The molecule has 0 spiro atoms. The van der Waals surface area contributed by atoms with Crippen molar-refractivity contribution >= 4 is 5.97 Å². The van der Waals surface area contributed by atoms with Gasteiger partial charge < -0.3 is 39.4 Å². The molecule has 9 nitrogen and oxygen atoms in total. The maximum absolute atomic E-state index is 12.7. The Morgan fingerprint density at radius 1 is 0.600 bits per heavy atom. The molecule has 0 aromatic heterocycles. The molecule has 0 aromatic carbocycles. The summed E-state index contributed by atoms with van der Waals surface area (Å²) in [4.78, 5) is 12.7. The number of unbranched alkanes of at least 4 members (excludes halogenated alkanes) is 12. The molecule has 4 N–H and O–H groups in total. The van der Waals surface area contributed by atoms with Crippen LogP contribution < -0.4 is 0 Å². The zero-order chi connectivity index (χ0) is 40.0. The van der Waals surface area contributed by atoms with Crippen LogP contribution in [0.3, 0.4) is 0 Å². The number of aliphatic hydroxyl groups excluding tert-OH is 4. The molecule has 1 fully saturated rings. The number of hydrogen-bond acceptors (Lipinski definition) is 9. The van der Waals surface area contributed by atoms with Crippen molar-refractivity contribution in [3.05, 3.63) is 72.9 Å². The molecule has 0 aromatic rings. The number of ether oxygens (including phenoxy) is 4. The minimum atomic E-state index is -1.55. The fourth-order valence-corrected chi connectivity index (χ4v) is 6.02. The van der Waals surface area contributed by atoms with Crippen molar-refractivity contribution in [3.63, 3.8) is 0 Å².